The first kappa shape index (κ1) is 21.2. The fraction of sp³-hybridized carbons (Fsp3) is 0.167. The van der Waals surface area contributed by atoms with Gasteiger partial charge in [-0.15, -0.1) is 0 Å². The van der Waals surface area contributed by atoms with Gasteiger partial charge in [0.15, 0.2) is 23.0 Å². The maximum absolute atomic E-state index is 13.0. The molecule has 3 aromatic rings. The lowest BCUT2D eigenvalue weighted by molar-refractivity contribution is -0.130. The molecule has 1 aliphatic heterocycles. The summed E-state index contributed by atoms with van der Waals surface area (Å²) in [6.07, 6.45) is 0.695. The summed E-state index contributed by atoms with van der Waals surface area (Å²) >= 11 is 0. The molecule has 1 amide bonds. The molecule has 0 bridgehead atoms. The Morgan fingerprint density at radius 3 is 2.69 bits per heavy atom. The summed E-state index contributed by atoms with van der Waals surface area (Å²) in [4.78, 5) is 12.3. The average molecular weight is 436 g/mol. The Labute approximate surface area is 184 Å². The van der Waals surface area contributed by atoms with Crippen molar-refractivity contribution in [3.63, 3.8) is 0 Å². The number of nitrogens with zero attached hydrogens (tertiary/aromatic N) is 1. The van der Waals surface area contributed by atoms with Crippen LogP contribution in [-0.4, -0.2) is 31.9 Å². The highest BCUT2D eigenvalue weighted by Gasteiger charge is 2.27. The summed E-state index contributed by atoms with van der Waals surface area (Å²) < 4.78 is 35.4. The van der Waals surface area contributed by atoms with E-state index in [9.17, 15) is 9.18 Å². The van der Waals surface area contributed by atoms with Gasteiger partial charge < -0.3 is 18.9 Å². The number of hydrogen-bond acceptors (Lipinski definition) is 6. The first-order valence-corrected chi connectivity index (χ1v) is 9.89. The molecule has 1 heterocycles. The number of para-hydroxylation sites is 2. The van der Waals surface area contributed by atoms with Crippen molar-refractivity contribution in [1.29, 1.82) is 0 Å². The third-order valence-electron chi connectivity index (χ3n) is 4.68. The molecule has 1 N–H and O–H groups in total. The molecule has 0 radical (unpaired) electrons. The summed E-state index contributed by atoms with van der Waals surface area (Å²) in [6, 6.07) is 18.5. The Morgan fingerprint density at radius 1 is 1.12 bits per heavy atom. The number of hydrazone groups is 1. The van der Waals surface area contributed by atoms with E-state index in [4.69, 9.17) is 18.9 Å². The van der Waals surface area contributed by atoms with E-state index >= 15 is 0 Å². The van der Waals surface area contributed by atoms with E-state index in [2.05, 4.69) is 10.5 Å². The van der Waals surface area contributed by atoms with Crippen LogP contribution in [0.1, 0.15) is 11.1 Å². The molecule has 1 aliphatic rings. The molecule has 164 valence electrons. The van der Waals surface area contributed by atoms with Crippen molar-refractivity contribution in [3.05, 3.63) is 83.7 Å². The second-order valence-electron chi connectivity index (χ2n) is 6.92. The number of benzene rings is 3. The molecule has 3 aromatic carbocycles. The van der Waals surface area contributed by atoms with Crippen molar-refractivity contribution in [2.24, 2.45) is 5.10 Å². The van der Waals surface area contributed by atoms with E-state index in [0.29, 0.717) is 28.6 Å². The van der Waals surface area contributed by atoms with Gasteiger partial charge in [-0.05, 0) is 53.6 Å². The summed E-state index contributed by atoms with van der Waals surface area (Å²) in [5.41, 5.74) is 3.99. The molecular weight excluding hydrogens is 415 g/mol. The number of hydrogen-bond donors (Lipinski definition) is 1. The van der Waals surface area contributed by atoms with E-state index in [-0.39, 0.29) is 19.0 Å². The predicted octanol–water partition coefficient (Wildman–Crippen LogP) is 3.70. The third kappa shape index (κ3) is 5.15. The number of halogens is 1. The van der Waals surface area contributed by atoms with Gasteiger partial charge in [0.05, 0.1) is 13.3 Å². The van der Waals surface area contributed by atoms with Gasteiger partial charge in [-0.3, -0.25) is 4.79 Å². The normalized spacial score (nSPS) is 14.8. The Kier molecular flexibility index (Phi) is 6.50. The fourth-order valence-corrected chi connectivity index (χ4v) is 3.02. The van der Waals surface area contributed by atoms with Crippen LogP contribution in [0.3, 0.4) is 0 Å². The van der Waals surface area contributed by atoms with Crippen LogP contribution in [0.15, 0.2) is 71.8 Å². The predicted molar refractivity (Wildman–Crippen MR) is 116 cm³/mol. The van der Waals surface area contributed by atoms with Gasteiger partial charge in [0, 0.05) is 0 Å². The van der Waals surface area contributed by atoms with Crippen LogP contribution >= 0.6 is 0 Å². The summed E-state index contributed by atoms with van der Waals surface area (Å²) in [7, 11) is 1.53. The smallest absolute Gasteiger partial charge is 0.284 e. The van der Waals surface area contributed by atoms with Gasteiger partial charge in [0.25, 0.3) is 5.91 Å². The zero-order valence-electron chi connectivity index (χ0n) is 17.3. The molecule has 1 atom stereocenters. The quantitative estimate of drug-likeness (QED) is 0.451. The van der Waals surface area contributed by atoms with Crippen LogP contribution < -0.4 is 24.4 Å². The number of rotatable bonds is 7. The third-order valence-corrected chi connectivity index (χ3v) is 4.68. The number of fused-ring (bicyclic) bond motifs is 1. The van der Waals surface area contributed by atoms with Crippen LogP contribution in [0, 0.1) is 5.82 Å². The molecule has 8 heteroatoms. The van der Waals surface area contributed by atoms with Crippen molar-refractivity contribution in [2.75, 3.05) is 13.7 Å². The van der Waals surface area contributed by atoms with Gasteiger partial charge in [0.2, 0.25) is 6.10 Å². The lowest BCUT2D eigenvalue weighted by atomic mass is 10.2. The molecule has 0 saturated carbocycles. The highest BCUT2D eigenvalue weighted by molar-refractivity contribution is 5.85. The second-order valence-corrected chi connectivity index (χ2v) is 6.92. The van der Waals surface area contributed by atoms with Gasteiger partial charge in [0.1, 0.15) is 19.0 Å². The van der Waals surface area contributed by atoms with Crippen molar-refractivity contribution in [2.45, 2.75) is 12.7 Å². The summed E-state index contributed by atoms with van der Waals surface area (Å²) in [5, 5.41) is 3.99. The van der Waals surface area contributed by atoms with Crippen LogP contribution in [0.25, 0.3) is 0 Å². The molecule has 0 aliphatic carbocycles. The Bertz CT molecular complexity index is 1120. The van der Waals surface area contributed by atoms with Gasteiger partial charge in [-0.1, -0.05) is 24.3 Å². The number of ether oxygens (including phenoxy) is 4. The highest BCUT2D eigenvalue weighted by Crippen LogP contribution is 2.31. The van der Waals surface area contributed by atoms with E-state index < -0.39 is 12.0 Å². The van der Waals surface area contributed by atoms with Crippen molar-refractivity contribution in [3.8, 4) is 23.0 Å². The lowest BCUT2D eigenvalue weighted by Gasteiger charge is -2.24. The molecule has 4 rings (SSSR count). The van der Waals surface area contributed by atoms with Gasteiger partial charge in [-0.2, -0.15) is 5.10 Å². The number of carbonyl (C=O) groups is 1. The van der Waals surface area contributed by atoms with E-state index in [1.807, 2.05) is 6.07 Å². The van der Waals surface area contributed by atoms with Crippen molar-refractivity contribution in [1.82, 2.24) is 5.43 Å². The Balaban J connectivity index is 1.33. The van der Waals surface area contributed by atoms with Crippen molar-refractivity contribution < 1.29 is 28.1 Å². The molecular formula is C24H21FN2O5. The molecule has 0 fully saturated rings. The maximum Gasteiger partial charge on any atom is 0.284 e. The molecule has 0 aromatic heterocycles. The highest BCUT2D eigenvalue weighted by atomic mass is 19.1. The number of carbonyl (C=O) groups excluding carboxylic acids is 1. The van der Waals surface area contributed by atoms with Crippen LogP contribution in [-0.2, 0) is 11.4 Å². The van der Waals surface area contributed by atoms with Crippen LogP contribution in [0.5, 0.6) is 23.0 Å². The Morgan fingerprint density at radius 2 is 1.91 bits per heavy atom. The number of nitrogens with one attached hydrogen (secondary N) is 1. The second kappa shape index (κ2) is 9.82. The van der Waals surface area contributed by atoms with E-state index in [1.165, 1.54) is 25.5 Å². The minimum atomic E-state index is -0.793. The summed E-state index contributed by atoms with van der Waals surface area (Å²) in [6.45, 7) is 0.374. The summed E-state index contributed by atoms with van der Waals surface area (Å²) in [5.74, 6) is 1.45. The zero-order valence-corrected chi connectivity index (χ0v) is 17.3. The van der Waals surface area contributed by atoms with E-state index in [1.54, 1.807) is 48.5 Å². The minimum absolute atomic E-state index is 0.103. The van der Waals surface area contributed by atoms with Crippen molar-refractivity contribution >= 4 is 12.1 Å². The fourth-order valence-electron chi connectivity index (χ4n) is 3.02. The molecule has 7 nitrogen and oxygen atoms in total. The standard InChI is InChI=1S/C24H21FN2O5/c1-29-22-12-17(8-11-20(22)30-14-16-6-9-18(25)10-7-16)13-26-27-24(28)23-15-31-19-4-2-3-5-21(19)32-23/h2-13,23H,14-15H2,1H3,(H,27,28)/b26-13-/t23-/m1/s1. The zero-order chi connectivity index (χ0) is 22.3. The van der Waals surface area contributed by atoms with Crippen LogP contribution in [0.4, 0.5) is 4.39 Å². The number of methoxy groups -OCH3 is 1. The average Bonchev–Trinajstić information content (AvgIpc) is 2.83. The Hall–Kier alpha value is -4.07. The van der Waals surface area contributed by atoms with Gasteiger partial charge in [-0.25, -0.2) is 9.82 Å². The molecule has 0 unspecified atom stereocenters. The maximum atomic E-state index is 13.0. The monoisotopic (exact) mass is 436 g/mol. The first-order chi connectivity index (χ1) is 15.6. The molecule has 0 saturated heterocycles. The van der Waals surface area contributed by atoms with E-state index in [0.717, 1.165) is 5.56 Å². The first-order valence-electron chi connectivity index (χ1n) is 9.89. The molecule has 0 spiro atoms. The lowest BCUT2D eigenvalue weighted by Crippen LogP contribution is -2.42. The number of amides is 1. The topological polar surface area (TPSA) is 78.4 Å². The van der Waals surface area contributed by atoms with Crippen LogP contribution in [0.2, 0.25) is 0 Å². The molecule has 32 heavy (non-hydrogen) atoms. The van der Waals surface area contributed by atoms with Gasteiger partial charge >= 0.3 is 0 Å². The minimum Gasteiger partial charge on any atom is -0.493 e. The largest absolute Gasteiger partial charge is 0.493 e. The SMILES string of the molecule is COc1cc(/C=N\NC(=O)[C@H]2COc3ccccc3O2)ccc1OCc1ccc(F)cc1.